The van der Waals surface area contributed by atoms with Crippen LogP contribution in [0.4, 0.5) is 0 Å². The van der Waals surface area contributed by atoms with E-state index in [1.54, 1.807) is 0 Å². The monoisotopic (exact) mass is 411 g/mol. The Morgan fingerprint density at radius 3 is 1.83 bits per heavy atom. The molecule has 1 aromatic rings. The highest BCUT2D eigenvalue weighted by Crippen LogP contribution is 2.11. The van der Waals surface area contributed by atoms with E-state index in [2.05, 4.69) is 5.32 Å². The number of carboxylic acids is 3. The highest BCUT2D eigenvalue weighted by molar-refractivity contribution is 5.94. The van der Waals surface area contributed by atoms with Crippen molar-refractivity contribution < 1.29 is 44.4 Å². The molecule has 0 spiro atoms. The molecule has 0 radical (unpaired) electrons. The van der Waals surface area contributed by atoms with Crippen LogP contribution in [0.25, 0.3) is 0 Å². The van der Waals surface area contributed by atoms with Crippen LogP contribution >= 0.6 is 0 Å². The summed E-state index contributed by atoms with van der Waals surface area (Å²) in [5.41, 5.74) is 5.84. The van der Waals surface area contributed by atoms with Crippen LogP contribution in [0.1, 0.15) is 18.4 Å². The van der Waals surface area contributed by atoms with E-state index >= 15 is 0 Å². The summed E-state index contributed by atoms with van der Waals surface area (Å²) >= 11 is 0. The van der Waals surface area contributed by atoms with E-state index in [4.69, 9.17) is 15.9 Å². The Kier molecular flexibility index (Phi) is 8.55. The van der Waals surface area contributed by atoms with E-state index in [0.29, 0.717) is 5.56 Å². The molecule has 0 aliphatic carbocycles. The van der Waals surface area contributed by atoms with Crippen molar-refractivity contribution in [3.8, 4) is 5.75 Å². The summed E-state index contributed by atoms with van der Waals surface area (Å²) in [6, 6.07) is 0.900. The van der Waals surface area contributed by atoms with Crippen LogP contribution in [-0.2, 0) is 30.4 Å². The first kappa shape index (κ1) is 23.4. The lowest BCUT2D eigenvalue weighted by Gasteiger charge is -2.21. The SMILES string of the molecule is NC(CC(=O)O)C(=O)NC(CC(=O)O)C(=O)NC(Cc1ccc(O)cc1)C(=O)O. The number of phenolic OH excluding ortho intramolecular Hbond substituents is 1. The van der Waals surface area contributed by atoms with Gasteiger partial charge >= 0.3 is 17.9 Å². The van der Waals surface area contributed by atoms with Crippen molar-refractivity contribution in [3.63, 3.8) is 0 Å². The first-order valence-electron chi connectivity index (χ1n) is 8.30. The molecule has 0 saturated carbocycles. The summed E-state index contributed by atoms with van der Waals surface area (Å²) in [6.45, 7) is 0. The van der Waals surface area contributed by atoms with Crippen LogP contribution in [0.3, 0.4) is 0 Å². The highest BCUT2D eigenvalue weighted by Gasteiger charge is 2.30. The Balaban J connectivity index is 2.88. The molecule has 0 aliphatic rings. The van der Waals surface area contributed by atoms with Crippen molar-refractivity contribution in [2.24, 2.45) is 5.73 Å². The summed E-state index contributed by atoms with van der Waals surface area (Å²) in [5.74, 6) is -6.43. The zero-order valence-corrected chi connectivity index (χ0v) is 15.1. The second kappa shape index (κ2) is 10.6. The number of carbonyl (C=O) groups excluding carboxylic acids is 2. The fraction of sp³-hybridized carbons (Fsp3) is 0.353. The maximum Gasteiger partial charge on any atom is 0.326 e. The summed E-state index contributed by atoms with van der Waals surface area (Å²) in [4.78, 5) is 57.3. The third-order valence-corrected chi connectivity index (χ3v) is 3.73. The number of nitrogens with two attached hydrogens (primary N) is 1. The van der Waals surface area contributed by atoms with Crippen LogP contribution < -0.4 is 16.4 Å². The van der Waals surface area contributed by atoms with E-state index in [9.17, 15) is 34.2 Å². The molecule has 3 atom stereocenters. The molecule has 2 amide bonds. The van der Waals surface area contributed by atoms with Gasteiger partial charge in [0.1, 0.15) is 17.8 Å². The Labute approximate surface area is 164 Å². The maximum absolute atomic E-state index is 12.4. The second-order valence-electron chi connectivity index (χ2n) is 6.13. The van der Waals surface area contributed by atoms with Crippen LogP contribution in [-0.4, -0.2) is 68.3 Å². The van der Waals surface area contributed by atoms with Crippen molar-refractivity contribution in [3.05, 3.63) is 29.8 Å². The van der Waals surface area contributed by atoms with Gasteiger partial charge in [0.05, 0.1) is 18.9 Å². The van der Waals surface area contributed by atoms with Gasteiger partial charge in [0, 0.05) is 6.42 Å². The number of nitrogens with one attached hydrogen (secondary N) is 2. The topological polar surface area (TPSA) is 216 Å². The van der Waals surface area contributed by atoms with Gasteiger partial charge in [-0.3, -0.25) is 19.2 Å². The molecule has 3 unspecified atom stereocenters. The molecule has 158 valence electrons. The van der Waals surface area contributed by atoms with Gasteiger partial charge in [0.2, 0.25) is 11.8 Å². The molecular formula is C17H21N3O9. The Morgan fingerprint density at radius 1 is 0.828 bits per heavy atom. The van der Waals surface area contributed by atoms with Crippen molar-refractivity contribution in [1.29, 1.82) is 0 Å². The minimum absolute atomic E-state index is 0.0356. The zero-order valence-electron chi connectivity index (χ0n) is 15.1. The second-order valence-corrected chi connectivity index (χ2v) is 6.13. The zero-order chi connectivity index (χ0) is 22.1. The lowest BCUT2D eigenvalue weighted by molar-refractivity contribution is -0.144. The number of amides is 2. The van der Waals surface area contributed by atoms with E-state index < -0.39 is 60.7 Å². The van der Waals surface area contributed by atoms with Gasteiger partial charge in [-0.15, -0.1) is 0 Å². The predicted molar refractivity (Wildman–Crippen MR) is 95.8 cm³/mol. The predicted octanol–water partition coefficient (Wildman–Crippen LogP) is -1.73. The molecular weight excluding hydrogens is 390 g/mol. The average Bonchev–Trinajstić information content (AvgIpc) is 2.61. The maximum atomic E-state index is 12.4. The van der Waals surface area contributed by atoms with Gasteiger partial charge in [-0.1, -0.05) is 12.1 Å². The van der Waals surface area contributed by atoms with E-state index in [1.807, 2.05) is 5.32 Å². The molecule has 29 heavy (non-hydrogen) atoms. The summed E-state index contributed by atoms with van der Waals surface area (Å²) in [7, 11) is 0. The van der Waals surface area contributed by atoms with Gasteiger partial charge < -0.3 is 36.8 Å². The average molecular weight is 411 g/mol. The molecule has 12 nitrogen and oxygen atoms in total. The summed E-state index contributed by atoms with van der Waals surface area (Å²) in [6.07, 6.45) is -1.79. The van der Waals surface area contributed by atoms with Crippen molar-refractivity contribution in [2.45, 2.75) is 37.4 Å². The van der Waals surface area contributed by atoms with Crippen molar-refractivity contribution in [2.75, 3.05) is 0 Å². The van der Waals surface area contributed by atoms with Gasteiger partial charge in [0.15, 0.2) is 0 Å². The minimum Gasteiger partial charge on any atom is -0.508 e. The minimum atomic E-state index is -1.67. The Bertz CT molecular complexity index is 779. The van der Waals surface area contributed by atoms with Crippen molar-refractivity contribution in [1.82, 2.24) is 10.6 Å². The standard InChI is InChI=1S/C17H21N3O9/c18-10(6-13(22)23)15(26)19-11(7-14(24)25)16(27)20-12(17(28)29)5-8-1-3-9(21)4-2-8/h1-4,10-12,21H,5-7,18H2,(H,19,26)(H,20,27)(H,22,23)(H,24,25)(H,28,29). The van der Waals surface area contributed by atoms with Crippen LogP contribution in [0.15, 0.2) is 24.3 Å². The normalized spacial score (nSPS) is 13.6. The number of carboxylic acid groups (broad SMARTS) is 3. The van der Waals surface area contributed by atoms with Crippen molar-refractivity contribution >= 4 is 29.7 Å². The third-order valence-electron chi connectivity index (χ3n) is 3.73. The summed E-state index contributed by atoms with van der Waals surface area (Å²) in [5, 5.41) is 40.3. The number of phenols is 1. The molecule has 12 heteroatoms. The van der Waals surface area contributed by atoms with Crippen LogP contribution in [0.5, 0.6) is 5.75 Å². The number of aliphatic carboxylic acids is 3. The van der Waals surface area contributed by atoms with Crippen LogP contribution in [0.2, 0.25) is 0 Å². The lowest BCUT2D eigenvalue weighted by atomic mass is 10.0. The molecule has 0 heterocycles. The molecule has 0 aromatic heterocycles. The van der Waals surface area contributed by atoms with Gasteiger partial charge in [-0.05, 0) is 17.7 Å². The number of aromatic hydroxyl groups is 1. The summed E-state index contributed by atoms with van der Waals surface area (Å²) < 4.78 is 0. The third kappa shape index (κ3) is 8.26. The molecule has 1 aromatic carbocycles. The number of carbonyl (C=O) groups is 5. The number of hydrogen-bond acceptors (Lipinski definition) is 7. The van der Waals surface area contributed by atoms with E-state index in [0.717, 1.165) is 0 Å². The van der Waals surface area contributed by atoms with E-state index in [-0.39, 0.29) is 12.2 Å². The Morgan fingerprint density at radius 2 is 1.34 bits per heavy atom. The first-order valence-corrected chi connectivity index (χ1v) is 8.30. The molecule has 0 bridgehead atoms. The molecule has 1 rings (SSSR count). The van der Waals surface area contributed by atoms with Gasteiger partial charge in [0.25, 0.3) is 0 Å². The van der Waals surface area contributed by atoms with Gasteiger partial charge in [-0.25, -0.2) is 4.79 Å². The molecule has 0 aliphatic heterocycles. The molecule has 8 N–H and O–H groups in total. The quantitative estimate of drug-likeness (QED) is 0.218. The fourth-order valence-electron chi connectivity index (χ4n) is 2.28. The molecule has 0 saturated heterocycles. The number of benzene rings is 1. The van der Waals surface area contributed by atoms with E-state index in [1.165, 1.54) is 24.3 Å². The highest BCUT2D eigenvalue weighted by atomic mass is 16.4. The molecule has 0 fully saturated rings. The lowest BCUT2D eigenvalue weighted by Crippen LogP contribution is -2.55. The fourth-order valence-corrected chi connectivity index (χ4v) is 2.28. The largest absolute Gasteiger partial charge is 0.508 e. The first-order chi connectivity index (χ1) is 13.5. The number of rotatable bonds is 11. The van der Waals surface area contributed by atoms with Gasteiger partial charge in [-0.2, -0.15) is 0 Å². The number of hydrogen-bond donors (Lipinski definition) is 7. The smallest absolute Gasteiger partial charge is 0.326 e. The van der Waals surface area contributed by atoms with Crippen LogP contribution in [0, 0.1) is 0 Å². The Hall–Kier alpha value is -3.67.